The first-order chi connectivity index (χ1) is 12.5. The standard InChI is InChI=1S/C16H16F3N5O2S/c1-15(2)13(26)20-9-6-4-5-7-10(9)24(15)11(25)8-27-14-22-21-12(23(14)3)16(17,18)19/h4-7H,8H2,1-3H3,(H,20,26). The molecule has 11 heteroatoms. The van der Waals surface area contributed by atoms with Crippen molar-refractivity contribution in [1.29, 1.82) is 0 Å². The fraction of sp³-hybridized carbons (Fsp3) is 0.375. The van der Waals surface area contributed by atoms with Gasteiger partial charge in [-0.3, -0.25) is 14.5 Å². The predicted molar refractivity (Wildman–Crippen MR) is 93.4 cm³/mol. The molecule has 2 aromatic rings. The quantitative estimate of drug-likeness (QED) is 0.803. The maximum absolute atomic E-state index is 12.9. The summed E-state index contributed by atoms with van der Waals surface area (Å²) in [6, 6.07) is 6.84. The maximum atomic E-state index is 12.9. The lowest BCUT2D eigenvalue weighted by atomic mass is 9.96. The number of para-hydroxylation sites is 2. The molecule has 0 atom stereocenters. The number of anilines is 2. The van der Waals surface area contributed by atoms with Gasteiger partial charge in [0.05, 0.1) is 17.1 Å². The smallest absolute Gasteiger partial charge is 0.322 e. The number of alkyl halides is 3. The summed E-state index contributed by atoms with van der Waals surface area (Å²) >= 11 is 0.829. The number of rotatable bonds is 3. The molecule has 3 rings (SSSR count). The maximum Gasteiger partial charge on any atom is 0.451 e. The van der Waals surface area contributed by atoms with Crippen LogP contribution >= 0.6 is 11.8 Å². The molecular formula is C16H16F3N5O2S. The van der Waals surface area contributed by atoms with Crippen molar-refractivity contribution in [1.82, 2.24) is 14.8 Å². The van der Waals surface area contributed by atoms with Crippen molar-refractivity contribution in [2.24, 2.45) is 7.05 Å². The van der Waals surface area contributed by atoms with E-state index in [1.165, 1.54) is 11.9 Å². The van der Waals surface area contributed by atoms with E-state index in [0.717, 1.165) is 16.3 Å². The number of benzene rings is 1. The Labute approximate surface area is 156 Å². The van der Waals surface area contributed by atoms with E-state index in [9.17, 15) is 22.8 Å². The number of amides is 2. The van der Waals surface area contributed by atoms with Crippen molar-refractivity contribution < 1.29 is 22.8 Å². The molecule has 2 heterocycles. The van der Waals surface area contributed by atoms with E-state index in [1.807, 2.05) is 0 Å². The van der Waals surface area contributed by atoms with Gasteiger partial charge in [-0.2, -0.15) is 13.2 Å². The lowest BCUT2D eigenvalue weighted by Gasteiger charge is -2.42. The number of carbonyl (C=O) groups is 2. The lowest BCUT2D eigenvalue weighted by Crippen LogP contribution is -2.59. The molecule has 0 unspecified atom stereocenters. The van der Waals surface area contributed by atoms with E-state index in [4.69, 9.17) is 0 Å². The lowest BCUT2D eigenvalue weighted by molar-refractivity contribution is -0.147. The molecule has 0 spiro atoms. The molecule has 0 aliphatic carbocycles. The van der Waals surface area contributed by atoms with Crippen LogP contribution in [0.15, 0.2) is 29.4 Å². The first kappa shape index (κ1) is 19.2. The van der Waals surface area contributed by atoms with Gasteiger partial charge in [-0.25, -0.2) is 0 Å². The second-order valence-corrected chi connectivity index (χ2v) is 7.35. The highest BCUT2D eigenvalue weighted by molar-refractivity contribution is 7.99. The molecule has 27 heavy (non-hydrogen) atoms. The van der Waals surface area contributed by atoms with Crippen LogP contribution in [0, 0.1) is 0 Å². The Kier molecular flexibility index (Phi) is 4.66. The van der Waals surface area contributed by atoms with Crippen LogP contribution in [0.1, 0.15) is 19.7 Å². The fourth-order valence-electron chi connectivity index (χ4n) is 2.78. The van der Waals surface area contributed by atoms with Gasteiger partial charge in [0.2, 0.25) is 17.6 Å². The summed E-state index contributed by atoms with van der Waals surface area (Å²) in [6.07, 6.45) is -4.63. The number of nitrogens with one attached hydrogen (secondary N) is 1. The molecule has 1 aromatic heterocycles. The molecule has 0 bridgehead atoms. The molecule has 144 valence electrons. The third-order valence-electron chi connectivity index (χ3n) is 4.17. The minimum atomic E-state index is -4.63. The molecule has 0 saturated carbocycles. The van der Waals surface area contributed by atoms with Gasteiger partial charge in [-0.15, -0.1) is 10.2 Å². The van der Waals surface area contributed by atoms with Crippen LogP contribution in [0.25, 0.3) is 0 Å². The van der Waals surface area contributed by atoms with Crippen molar-refractivity contribution in [2.75, 3.05) is 16.0 Å². The Hall–Kier alpha value is -2.56. The number of hydrogen-bond acceptors (Lipinski definition) is 5. The predicted octanol–water partition coefficient (Wildman–Crippen LogP) is 2.69. The van der Waals surface area contributed by atoms with E-state index < -0.39 is 23.4 Å². The SMILES string of the molecule is Cn1c(SCC(=O)N2c3ccccc3NC(=O)C2(C)C)nnc1C(F)(F)F. The minimum Gasteiger partial charge on any atom is -0.322 e. The Balaban J connectivity index is 1.84. The van der Waals surface area contributed by atoms with Crippen molar-refractivity contribution >= 4 is 35.0 Å². The molecule has 0 fully saturated rings. The normalized spacial score (nSPS) is 16.1. The third kappa shape index (κ3) is 3.38. The van der Waals surface area contributed by atoms with Gasteiger partial charge < -0.3 is 9.88 Å². The largest absolute Gasteiger partial charge is 0.451 e. The summed E-state index contributed by atoms with van der Waals surface area (Å²) in [5.41, 5.74) is -0.122. The summed E-state index contributed by atoms with van der Waals surface area (Å²) in [7, 11) is 1.18. The fourth-order valence-corrected chi connectivity index (χ4v) is 3.54. The van der Waals surface area contributed by atoms with Gasteiger partial charge in [-0.05, 0) is 26.0 Å². The Morgan fingerprint density at radius 1 is 1.26 bits per heavy atom. The molecule has 1 aromatic carbocycles. The molecule has 7 nitrogen and oxygen atoms in total. The van der Waals surface area contributed by atoms with Crippen LogP contribution in [-0.4, -0.2) is 37.9 Å². The van der Waals surface area contributed by atoms with Crippen LogP contribution in [0.5, 0.6) is 0 Å². The number of aromatic nitrogens is 3. The topological polar surface area (TPSA) is 80.1 Å². The zero-order valence-corrected chi connectivity index (χ0v) is 15.5. The van der Waals surface area contributed by atoms with Gasteiger partial charge in [-0.1, -0.05) is 23.9 Å². The molecule has 2 amide bonds. The zero-order valence-electron chi connectivity index (χ0n) is 14.7. The van der Waals surface area contributed by atoms with E-state index in [1.54, 1.807) is 38.1 Å². The van der Waals surface area contributed by atoms with Crippen LogP contribution < -0.4 is 10.2 Å². The van der Waals surface area contributed by atoms with Gasteiger partial charge in [0.15, 0.2) is 5.16 Å². The molecular weight excluding hydrogens is 383 g/mol. The molecule has 1 aliphatic rings. The zero-order chi connectivity index (χ0) is 20.0. The molecule has 1 N–H and O–H groups in total. The van der Waals surface area contributed by atoms with E-state index in [2.05, 4.69) is 15.5 Å². The van der Waals surface area contributed by atoms with Crippen LogP contribution in [0.4, 0.5) is 24.5 Å². The number of halogens is 3. The second kappa shape index (κ2) is 6.55. The highest BCUT2D eigenvalue weighted by atomic mass is 32.2. The molecule has 0 saturated heterocycles. The Morgan fingerprint density at radius 3 is 2.56 bits per heavy atom. The second-order valence-electron chi connectivity index (χ2n) is 6.41. The summed E-state index contributed by atoms with van der Waals surface area (Å²) < 4.78 is 39.2. The van der Waals surface area contributed by atoms with Crippen LogP contribution in [0.2, 0.25) is 0 Å². The van der Waals surface area contributed by atoms with E-state index in [0.29, 0.717) is 11.4 Å². The minimum absolute atomic E-state index is 0.0387. The van der Waals surface area contributed by atoms with Crippen molar-refractivity contribution in [3.63, 3.8) is 0 Å². The Bertz CT molecular complexity index is 910. The van der Waals surface area contributed by atoms with Crippen molar-refractivity contribution in [2.45, 2.75) is 30.7 Å². The van der Waals surface area contributed by atoms with Crippen molar-refractivity contribution in [3.8, 4) is 0 Å². The van der Waals surface area contributed by atoms with E-state index >= 15 is 0 Å². The van der Waals surface area contributed by atoms with Gasteiger partial charge >= 0.3 is 6.18 Å². The van der Waals surface area contributed by atoms with E-state index in [-0.39, 0.29) is 16.8 Å². The summed E-state index contributed by atoms with van der Waals surface area (Å²) in [6.45, 7) is 3.20. The van der Waals surface area contributed by atoms with Gasteiger partial charge in [0.25, 0.3) is 0 Å². The highest BCUT2D eigenvalue weighted by Crippen LogP contribution is 2.37. The summed E-state index contributed by atoms with van der Waals surface area (Å²) in [4.78, 5) is 26.6. The average Bonchev–Trinajstić information content (AvgIpc) is 2.94. The average molecular weight is 399 g/mol. The Morgan fingerprint density at radius 2 is 1.93 bits per heavy atom. The number of hydrogen-bond donors (Lipinski definition) is 1. The summed E-state index contributed by atoms with van der Waals surface area (Å²) in [5, 5.41) is 9.34. The monoisotopic (exact) mass is 399 g/mol. The highest BCUT2D eigenvalue weighted by Gasteiger charge is 2.43. The number of nitrogens with zero attached hydrogens (tertiary/aromatic N) is 4. The summed E-state index contributed by atoms with van der Waals surface area (Å²) in [5.74, 6) is -2.11. The van der Waals surface area contributed by atoms with Crippen LogP contribution in [-0.2, 0) is 22.8 Å². The number of carbonyl (C=O) groups excluding carboxylic acids is 2. The number of thioether (sulfide) groups is 1. The third-order valence-corrected chi connectivity index (χ3v) is 5.18. The first-order valence-electron chi connectivity index (χ1n) is 7.86. The van der Waals surface area contributed by atoms with Gasteiger partial charge in [0, 0.05) is 7.05 Å². The first-order valence-corrected chi connectivity index (χ1v) is 8.85. The van der Waals surface area contributed by atoms with Crippen LogP contribution in [0.3, 0.4) is 0 Å². The molecule has 0 radical (unpaired) electrons. The van der Waals surface area contributed by atoms with Crippen molar-refractivity contribution in [3.05, 3.63) is 30.1 Å². The molecule has 1 aliphatic heterocycles. The number of fused-ring (bicyclic) bond motifs is 1. The van der Waals surface area contributed by atoms with Gasteiger partial charge in [0.1, 0.15) is 5.54 Å².